The third-order valence-corrected chi connectivity index (χ3v) is 8.84. The van der Waals surface area contributed by atoms with Crippen LogP contribution in [0.4, 0.5) is 11.9 Å². The number of nitrogen functional groups attached to an aromatic ring is 2. The van der Waals surface area contributed by atoms with E-state index in [9.17, 15) is 0 Å². The molecule has 0 aliphatic rings. The van der Waals surface area contributed by atoms with Crippen molar-refractivity contribution in [1.29, 1.82) is 0 Å². The molecule has 0 saturated heterocycles. The molecule has 0 aliphatic heterocycles. The van der Waals surface area contributed by atoms with Crippen molar-refractivity contribution < 1.29 is 0 Å². The van der Waals surface area contributed by atoms with Gasteiger partial charge in [-0.2, -0.15) is 19.2 Å². The van der Waals surface area contributed by atoms with Crippen LogP contribution in [0.2, 0.25) is 0 Å². The second-order valence-electron chi connectivity index (χ2n) is 11.8. The molecule has 14 nitrogen and oxygen atoms in total. The van der Waals surface area contributed by atoms with Crippen LogP contribution in [0.3, 0.4) is 0 Å². The monoisotopic (exact) mass is 652 g/mol. The molecule has 10 aromatic rings. The number of nitrogens with zero attached hydrogens (tertiary/aromatic N) is 10. The Balaban J connectivity index is 1.17. The zero-order valence-electron chi connectivity index (χ0n) is 26.0. The summed E-state index contributed by atoms with van der Waals surface area (Å²) in [6.07, 6.45) is 4.93. The average Bonchev–Trinajstić information content (AvgIpc) is 3.98. The van der Waals surface area contributed by atoms with Gasteiger partial charge >= 0.3 is 0 Å². The summed E-state index contributed by atoms with van der Waals surface area (Å²) < 4.78 is 3.12. The lowest BCUT2D eigenvalue weighted by Crippen LogP contribution is -2.06. The third-order valence-electron chi connectivity index (χ3n) is 8.84. The van der Waals surface area contributed by atoms with Gasteiger partial charge in [-0.25, -0.2) is 24.9 Å². The summed E-state index contributed by atoms with van der Waals surface area (Å²) in [6.45, 7) is 0. The minimum absolute atomic E-state index is 0.211. The number of aromatic amines is 2. The highest BCUT2D eigenvalue weighted by molar-refractivity contribution is 5.96. The van der Waals surface area contributed by atoms with Crippen molar-refractivity contribution in [2.24, 2.45) is 0 Å². The van der Waals surface area contributed by atoms with Crippen LogP contribution in [0.25, 0.3) is 89.4 Å². The van der Waals surface area contributed by atoms with Crippen molar-refractivity contribution in [2.75, 3.05) is 11.5 Å². The molecular weight excluding hydrogens is 628 g/mol. The molecule has 4 aromatic carbocycles. The van der Waals surface area contributed by atoms with Crippen LogP contribution in [0.15, 0.2) is 110 Å². The van der Waals surface area contributed by atoms with Gasteiger partial charge in [-0.3, -0.25) is 5.10 Å². The first-order valence-corrected chi connectivity index (χ1v) is 15.7. The summed E-state index contributed by atoms with van der Waals surface area (Å²) >= 11 is 0. The normalized spacial score (nSPS) is 11.8. The van der Waals surface area contributed by atoms with E-state index < -0.39 is 0 Å². The Hall–Kier alpha value is -7.48. The first kappa shape index (κ1) is 27.6. The molecule has 238 valence electrons. The number of anilines is 2. The predicted molar refractivity (Wildman–Crippen MR) is 190 cm³/mol. The Morgan fingerprint density at radius 2 is 1.36 bits per heavy atom. The third kappa shape index (κ3) is 4.22. The Kier molecular flexibility index (Phi) is 5.81. The SMILES string of the molecule is Nc1nc(-c2cccc(-c3nc4c(-c5ccc6nc[nH]c6c5)c(-c5ccccc5)nc(N)n4n3)c2)c(-c2ccc3[nH]ncc3c2)c2ncnn12. The van der Waals surface area contributed by atoms with E-state index in [2.05, 4.69) is 30.2 Å². The van der Waals surface area contributed by atoms with Gasteiger partial charge in [-0.1, -0.05) is 60.7 Å². The Morgan fingerprint density at radius 1 is 0.600 bits per heavy atom. The van der Waals surface area contributed by atoms with Gasteiger partial charge in [-0.05, 0) is 41.5 Å². The van der Waals surface area contributed by atoms with Gasteiger partial charge in [-0.15, -0.1) is 5.10 Å². The number of imidazole rings is 1. The first-order chi connectivity index (χ1) is 24.6. The zero-order chi connectivity index (χ0) is 33.3. The minimum atomic E-state index is 0.211. The van der Waals surface area contributed by atoms with Gasteiger partial charge in [0, 0.05) is 22.1 Å². The Bertz CT molecular complexity index is 2920. The number of nitrogens with two attached hydrogens (primary N) is 2. The van der Waals surface area contributed by atoms with E-state index >= 15 is 0 Å². The van der Waals surface area contributed by atoms with E-state index in [1.807, 2.05) is 91.0 Å². The van der Waals surface area contributed by atoms with E-state index in [-0.39, 0.29) is 11.9 Å². The van der Waals surface area contributed by atoms with Crippen LogP contribution >= 0.6 is 0 Å². The van der Waals surface area contributed by atoms with Crippen LogP contribution in [-0.4, -0.2) is 59.3 Å². The van der Waals surface area contributed by atoms with Gasteiger partial charge in [0.25, 0.3) is 0 Å². The topological polar surface area (TPSA) is 196 Å². The lowest BCUT2D eigenvalue weighted by molar-refractivity contribution is 0.942. The number of benzene rings is 4. The summed E-state index contributed by atoms with van der Waals surface area (Å²) in [5.74, 6) is 0.888. The molecule has 0 atom stereocenters. The molecule has 6 heterocycles. The molecule has 0 amide bonds. The highest BCUT2D eigenvalue weighted by atomic mass is 15.4. The number of fused-ring (bicyclic) bond motifs is 4. The molecule has 6 aromatic heterocycles. The van der Waals surface area contributed by atoms with E-state index in [0.717, 1.165) is 60.9 Å². The second-order valence-corrected chi connectivity index (χ2v) is 11.8. The summed E-state index contributed by atoms with van der Waals surface area (Å²) in [4.78, 5) is 27.0. The van der Waals surface area contributed by atoms with Gasteiger partial charge in [0.1, 0.15) is 6.33 Å². The molecule has 50 heavy (non-hydrogen) atoms. The molecular formula is C36H24N14. The number of rotatable bonds is 5. The molecule has 6 N–H and O–H groups in total. The van der Waals surface area contributed by atoms with Gasteiger partial charge in [0.2, 0.25) is 11.9 Å². The molecule has 10 rings (SSSR count). The summed E-state index contributed by atoms with van der Waals surface area (Å²) in [6, 6.07) is 29.8. The fourth-order valence-electron chi connectivity index (χ4n) is 6.52. The van der Waals surface area contributed by atoms with Crippen LogP contribution in [0.1, 0.15) is 0 Å². The van der Waals surface area contributed by atoms with E-state index in [4.69, 9.17) is 31.5 Å². The van der Waals surface area contributed by atoms with Crippen LogP contribution in [0, 0.1) is 0 Å². The van der Waals surface area contributed by atoms with Gasteiger partial charge < -0.3 is 16.5 Å². The number of H-pyrrole nitrogens is 2. The molecule has 0 unspecified atom stereocenters. The van der Waals surface area contributed by atoms with E-state index in [1.165, 1.54) is 10.8 Å². The average molecular weight is 653 g/mol. The fourth-order valence-corrected chi connectivity index (χ4v) is 6.52. The lowest BCUT2D eigenvalue weighted by Gasteiger charge is -2.13. The number of hydrogen-bond acceptors (Lipinski definition) is 10. The van der Waals surface area contributed by atoms with Crippen molar-refractivity contribution in [3.05, 3.63) is 110 Å². The van der Waals surface area contributed by atoms with Crippen molar-refractivity contribution in [2.45, 2.75) is 0 Å². The molecule has 0 aliphatic carbocycles. The van der Waals surface area contributed by atoms with Crippen molar-refractivity contribution in [1.82, 2.24) is 59.3 Å². The van der Waals surface area contributed by atoms with Crippen molar-refractivity contribution in [3.63, 3.8) is 0 Å². The molecule has 0 spiro atoms. The highest BCUT2D eigenvalue weighted by Gasteiger charge is 2.23. The second kappa shape index (κ2) is 10.5. The smallest absolute Gasteiger partial charge is 0.223 e. The van der Waals surface area contributed by atoms with Crippen LogP contribution < -0.4 is 11.5 Å². The summed E-state index contributed by atoms with van der Waals surface area (Å²) in [7, 11) is 0. The first-order valence-electron chi connectivity index (χ1n) is 15.7. The van der Waals surface area contributed by atoms with Crippen LogP contribution in [-0.2, 0) is 0 Å². The lowest BCUT2D eigenvalue weighted by atomic mass is 9.98. The van der Waals surface area contributed by atoms with Crippen molar-refractivity contribution in [3.8, 4) is 56.2 Å². The van der Waals surface area contributed by atoms with E-state index in [1.54, 1.807) is 17.0 Å². The Morgan fingerprint density at radius 3 is 2.26 bits per heavy atom. The molecule has 0 bridgehead atoms. The van der Waals surface area contributed by atoms with Gasteiger partial charge in [0.15, 0.2) is 17.1 Å². The maximum atomic E-state index is 6.59. The molecule has 0 radical (unpaired) electrons. The Labute approximate surface area is 281 Å². The fraction of sp³-hybridized carbons (Fsp3) is 0. The quantitative estimate of drug-likeness (QED) is 0.176. The number of nitrogens with one attached hydrogen (secondary N) is 2. The number of aromatic nitrogens is 12. The van der Waals surface area contributed by atoms with Gasteiger partial charge in [0.05, 0.1) is 51.6 Å². The minimum Gasteiger partial charge on any atom is -0.368 e. The standard InChI is InChI=1S/C36H24N14/c37-35-45-31(28(33-41-18-43-49(33)35)20-9-11-25-24(13-20)16-42-47-25)22-7-4-8-23(14-22)32-46-34-29(21-10-12-26-27(15-21)40-17-39-26)30(19-5-2-1-3-6-19)44-36(38)50(34)48-32/h1-18H,(H2,37,45)(H2,38,44)(H,39,40)(H,42,47). The molecule has 14 heteroatoms. The maximum absolute atomic E-state index is 6.59. The predicted octanol–water partition coefficient (Wildman–Crippen LogP) is 5.81. The van der Waals surface area contributed by atoms with Crippen molar-refractivity contribution >= 4 is 45.1 Å². The van der Waals surface area contributed by atoms with Crippen LogP contribution in [0.5, 0.6) is 0 Å². The molecule has 0 saturated carbocycles. The molecule has 0 fully saturated rings. The largest absolute Gasteiger partial charge is 0.368 e. The summed E-state index contributed by atoms with van der Waals surface area (Å²) in [5, 5.41) is 17.3. The zero-order valence-corrected chi connectivity index (χ0v) is 26.0. The van der Waals surface area contributed by atoms with E-state index in [0.29, 0.717) is 28.5 Å². The number of hydrogen-bond donors (Lipinski definition) is 4. The maximum Gasteiger partial charge on any atom is 0.223 e. The highest BCUT2D eigenvalue weighted by Crippen LogP contribution is 2.39. The summed E-state index contributed by atoms with van der Waals surface area (Å²) in [5.41, 5.74) is 24.0.